The van der Waals surface area contributed by atoms with Gasteiger partial charge in [0.25, 0.3) is 5.91 Å². The van der Waals surface area contributed by atoms with E-state index in [0.29, 0.717) is 19.3 Å². The van der Waals surface area contributed by atoms with Crippen molar-refractivity contribution in [2.24, 2.45) is 0 Å². The Balaban J connectivity index is 1.68. The summed E-state index contributed by atoms with van der Waals surface area (Å²) in [5.41, 5.74) is -0.726. The summed E-state index contributed by atoms with van der Waals surface area (Å²) in [5, 5.41) is 2.91. The minimum absolute atomic E-state index is 0.109. The van der Waals surface area contributed by atoms with Crippen molar-refractivity contribution in [3.63, 3.8) is 0 Å². The van der Waals surface area contributed by atoms with Crippen LogP contribution in [0.1, 0.15) is 44.9 Å². The maximum Gasteiger partial charge on any atom is 0.326 e. The number of urea groups is 1. The number of hydrogen-bond donors (Lipinski definition) is 1. The minimum atomic E-state index is -2.98. The van der Waals surface area contributed by atoms with Crippen LogP contribution in [0.25, 0.3) is 0 Å². The van der Waals surface area contributed by atoms with Crippen molar-refractivity contribution in [1.82, 2.24) is 15.1 Å². The SMILES string of the molecule is CN(CN1C(=O)NC2(CCCCCC2)C1=O)C1CCS(=O)(=O)C1. The highest BCUT2D eigenvalue weighted by Crippen LogP contribution is 2.33. The van der Waals surface area contributed by atoms with Gasteiger partial charge in [0.1, 0.15) is 5.54 Å². The van der Waals surface area contributed by atoms with Crippen LogP contribution in [0, 0.1) is 0 Å². The molecule has 1 aliphatic carbocycles. The van der Waals surface area contributed by atoms with Crippen LogP contribution in [0.4, 0.5) is 4.79 Å². The Morgan fingerprint density at radius 2 is 1.87 bits per heavy atom. The second-order valence-electron chi connectivity index (χ2n) is 7.11. The Morgan fingerprint density at radius 3 is 2.43 bits per heavy atom. The van der Waals surface area contributed by atoms with E-state index in [1.165, 1.54) is 4.90 Å². The molecule has 1 N–H and O–H groups in total. The summed E-state index contributed by atoms with van der Waals surface area (Å²) in [6.45, 7) is 0.159. The molecule has 1 saturated carbocycles. The van der Waals surface area contributed by atoms with E-state index in [2.05, 4.69) is 5.32 Å². The number of nitrogens with zero attached hydrogens (tertiary/aromatic N) is 2. The zero-order valence-corrected chi connectivity index (χ0v) is 14.4. The van der Waals surface area contributed by atoms with Crippen LogP contribution in [0.2, 0.25) is 0 Å². The first kappa shape index (κ1) is 16.7. The third-order valence-electron chi connectivity index (χ3n) is 5.40. The van der Waals surface area contributed by atoms with Crippen molar-refractivity contribution in [1.29, 1.82) is 0 Å². The summed E-state index contributed by atoms with van der Waals surface area (Å²) < 4.78 is 23.2. The van der Waals surface area contributed by atoms with E-state index in [0.717, 1.165) is 25.7 Å². The maximum atomic E-state index is 12.8. The predicted octanol–water partition coefficient (Wildman–Crippen LogP) is 0.708. The topological polar surface area (TPSA) is 86.8 Å². The molecule has 0 radical (unpaired) electrons. The van der Waals surface area contributed by atoms with Crippen LogP contribution in [-0.4, -0.2) is 67.0 Å². The average molecular weight is 343 g/mol. The highest BCUT2D eigenvalue weighted by molar-refractivity contribution is 7.91. The molecule has 1 unspecified atom stereocenters. The molecule has 1 atom stereocenters. The molecule has 130 valence electrons. The quantitative estimate of drug-likeness (QED) is 0.763. The fourth-order valence-electron chi connectivity index (χ4n) is 3.94. The molecule has 23 heavy (non-hydrogen) atoms. The van der Waals surface area contributed by atoms with Crippen molar-refractivity contribution in [3.05, 3.63) is 0 Å². The molecular formula is C15H25N3O4S. The zero-order chi connectivity index (χ0) is 16.7. The van der Waals surface area contributed by atoms with Gasteiger partial charge in [0.2, 0.25) is 0 Å². The molecule has 8 heteroatoms. The minimum Gasteiger partial charge on any atom is -0.323 e. The molecule has 7 nitrogen and oxygen atoms in total. The van der Waals surface area contributed by atoms with Crippen molar-refractivity contribution in [2.75, 3.05) is 25.2 Å². The van der Waals surface area contributed by atoms with E-state index in [-0.39, 0.29) is 36.2 Å². The van der Waals surface area contributed by atoms with Crippen LogP contribution < -0.4 is 5.32 Å². The fourth-order valence-corrected chi connectivity index (χ4v) is 5.74. The number of hydrogen-bond acceptors (Lipinski definition) is 5. The van der Waals surface area contributed by atoms with E-state index in [4.69, 9.17) is 0 Å². The molecule has 3 aliphatic rings. The van der Waals surface area contributed by atoms with Gasteiger partial charge in [-0.05, 0) is 26.3 Å². The lowest BCUT2D eigenvalue weighted by atomic mass is 9.90. The summed E-state index contributed by atoms with van der Waals surface area (Å²) >= 11 is 0. The zero-order valence-electron chi connectivity index (χ0n) is 13.6. The fraction of sp³-hybridized carbons (Fsp3) is 0.867. The molecule has 2 aliphatic heterocycles. The standard InChI is InChI=1S/C15H25N3O4S/c1-17(12-6-9-23(21,22)10-12)11-18-13(19)15(16-14(18)20)7-4-2-3-5-8-15/h12H,2-11H2,1H3,(H,16,20). The summed E-state index contributed by atoms with van der Waals surface area (Å²) in [6, 6.07) is -0.462. The van der Waals surface area contributed by atoms with Gasteiger partial charge in [-0.3, -0.25) is 9.69 Å². The molecule has 0 aromatic heterocycles. The van der Waals surface area contributed by atoms with Gasteiger partial charge < -0.3 is 5.32 Å². The third kappa shape index (κ3) is 3.24. The van der Waals surface area contributed by atoms with Crippen LogP contribution in [0.3, 0.4) is 0 Å². The Labute approximate surface area is 137 Å². The lowest BCUT2D eigenvalue weighted by Crippen LogP contribution is -2.48. The van der Waals surface area contributed by atoms with Gasteiger partial charge in [0.15, 0.2) is 9.84 Å². The van der Waals surface area contributed by atoms with Gasteiger partial charge in [-0.2, -0.15) is 0 Å². The first-order valence-corrected chi connectivity index (χ1v) is 10.2. The van der Waals surface area contributed by atoms with Gasteiger partial charge in [-0.1, -0.05) is 25.7 Å². The van der Waals surface area contributed by atoms with Crippen LogP contribution >= 0.6 is 0 Å². The van der Waals surface area contributed by atoms with Gasteiger partial charge in [-0.15, -0.1) is 0 Å². The molecule has 0 aromatic rings. The molecular weight excluding hydrogens is 318 g/mol. The predicted molar refractivity (Wildman–Crippen MR) is 85.5 cm³/mol. The van der Waals surface area contributed by atoms with Gasteiger partial charge >= 0.3 is 6.03 Å². The second-order valence-corrected chi connectivity index (χ2v) is 9.34. The maximum absolute atomic E-state index is 12.8. The van der Waals surface area contributed by atoms with E-state index < -0.39 is 15.4 Å². The number of rotatable bonds is 3. The third-order valence-corrected chi connectivity index (χ3v) is 7.15. The summed E-state index contributed by atoms with van der Waals surface area (Å²) in [7, 11) is -1.20. The van der Waals surface area contributed by atoms with Crippen LogP contribution in [-0.2, 0) is 14.6 Å². The summed E-state index contributed by atoms with van der Waals surface area (Å²) in [6.07, 6.45) is 6.08. The normalized spacial score (nSPS) is 30.0. The van der Waals surface area contributed by atoms with Gasteiger partial charge in [0, 0.05) is 6.04 Å². The number of sulfone groups is 1. The second kappa shape index (κ2) is 6.05. The van der Waals surface area contributed by atoms with Crippen molar-refractivity contribution < 1.29 is 18.0 Å². The monoisotopic (exact) mass is 343 g/mol. The molecule has 3 rings (SSSR count). The van der Waals surface area contributed by atoms with E-state index in [9.17, 15) is 18.0 Å². The molecule has 1 spiro atoms. The Kier molecular flexibility index (Phi) is 4.39. The van der Waals surface area contributed by atoms with Gasteiger partial charge in [-0.25, -0.2) is 18.1 Å². The van der Waals surface area contributed by atoms with Crippen LogP contribution in [0.5, 0.6) is 0 Å². The number of carbonyl (C=O) groups excluding carboxylic acids is 2. The van der Waals surface area contributed by atoms with E-state index in [1.54, 1.807) is 7.05 Å². The lowest BCUT2D eigenvalue weighted by molar-refractivity contribution is -0.133. The first-order valence-electron chi connectivity index (χ1n) is 8.38. The first-order chi connectivity index (χ1) is 10.8. The molecule has 2 heterocycles. The van der Waals surface area contributed by atoms with Crippen LogP contribution in [0.15, 0.2) is 0 Å². The number of nitrogens with one attached hydrogen (secondary N) is 1. The summed E-state index contributed by atoms with van der Waals surface area (Å²) in [5.74, 6) is 0.154. The largest absolute Gasteiger partial charge is 0.326 e. The average Bonchev–Trinajstić information content (AvgIpc) is 2.83. The lowest BCUT2D eigenvalue weighted by Gasteiger charge is -2.28. The van der Waals surface area contributed by atoms with E-state index >= 15 is 0 Å². The molecule has 0 bridgehead atoms. The molecule has 2 saturated heterocycles. The number of amides is 3. The van der Waals surface area contributed by atoms with E-state index in [1.807, 2.05) is 4.90 Å². The Hall–Kier alpha value is -1.15. The highest BCUT2D eigenvalue weighted by atomic mass is 32.2. The number of imide groups is 1. The Bertz CT molecular complexity index is 596. The number of carbonyl (C=O) groups is 2. The highest BCUT2D eigenvalue weighted by Gasteiger charge is 2.51. The summed E-state index contributed by atoms with van der Waals surface area (Å²) in [4.78, 5) is 28.2. The molecule has 3 fully saturated rings. The smallest absolute Gasteiger partial charge is 0.323 e. The van der Waals surface area contributed by atoms with Crippen molar-refractivity contribution >= 4 is 21.8 Å². The van der Waals surface area contributed by atoms with Crippen molar-refractivity contribution in [2.45, 2.75) is 56.5 Å². The molecule has 3 amide bonds. The van der Waals surface area contributed by atoms with Gasteiger partial charge in [0.05, 0.1) is 18.2 Å². The molecule has 0 aromatic carbocycles. The Morgan fingerprint density at radius 1 is 1.22 bits per heavy atom. The van der Waals surface area contributed by atoms with Crippen molar-refractivity contribution in [3.8, 4) is 0 Å².